The van der Waals surface area contributed by atoms with Crippen LogP contribution < -0.4 is 10.1 Å². The summed E-state index contributed by atoms with van der Waals surface area (Å²) in [6, 6.07) is 7.79. The van der Waals surface area contributed by atoms with Crippen LogP contribution >= 0.6 is 11.3 Å². The first-order valence-corrected chi connectivity index (χ1v) is 8.71. The van der Waals surface area contributed by atoms with E-state index in [0.29, 0.717) is 5.75 Å². The third-order valence-electron chi connectivity index (χ3n) is 4.38. The highest BCUT2D eigenvalue weighted by Gasteiger charge is 2.26. The molecule has 0 spiro atoms. The van der Waals surface area contributed by atoms with E-state index in [2.05, 4.69) is 21.7 Å². The van der Waals surface area contributed by atoms with E-state index in [1.807, 2.05) is 43.4 Å². The third-order valence-corrected chi connectivity index (χ3v) is 5.40. The van der Waals surface area contributed by atoms with Gasteiger partial charge in [0.05, 0.1) is 18.8 Å². The normalized spacial score (nSPS) is 15.8. The van der Waals surface area contributed by atoms with Crippen LogP contribution in [0.5, 0.6) is 5.75 Å². The van der Waals surface area contributed by atoms with Gasteiger partial charge in [0.15, 0.2) is 0 Å². The number of nitrogens with one attached hydrogen (secondary N) is 1. The molecule has 5 heteroatoms. The Morgan fingerprint density at radius 1 is 1.39 bits per heavy atom. The van der Waals surface area contributed by atoms with Crippen LogP contribution in [0.3, 0.4) is 0 Å². The predicted octanol–water partition coefficient (Wildman–Crippen LogP) is 3.45. The van der Waals surface area contributed by atoms with Gasteiger partial charge in [-0.05, 0) is 55.0 Å². The lowest BCUT2D eigenvalue weighted by Crippen LogP contribution is -2.44. The molecule has 0 unspecified atom stereocenters. The van der Waals surface area contributed by atoms with Crippen LogP contribution in [-0.4, -0.2) is 30.5 Å². The largest absolute Gasteiger partial charge is 0.495 e. The van der Waals surface area contributed by atoms with E-state index in [4.69, 9.17) is 4.74 Å². The molecule has 1 N–H and O–H groups in total. The Labute approximate surface area is 141 Å². The first kappa shape index (κ1) is 16.0. The molecule has 2 heterocycles. The molecule has 1 atom stereocenters. The number of carbonyl (C=O) groups is 1. The summed E-state index contributed by atoms with van der Waals surface area (Å²) < 4.78 is 5.34. The minimum atomic E-state index is -0.173. The Hall–Kier alpha value is -1.85. The molecule has 1 amide bonds. The number of ether oxygens (including phenoxy) is 1. The third kappa shape index (κ3) is 3.41. The van der Waals surface area contributed by atoms with Gasteiger partial charge in [0, 0.05) is 18.0 Å². The number of amides is 1. The van der Waals surface area contributed by atoms with Gasteiger partial charge in [-0.15, -0.1) is 11.3 Å². The summed E-state index contributed by atoms with van der Waals surface area (Å²) in [7, 11) is 1.62. The average Bonchev–Trinajstić information content (AvgIpc) is 3.01. The van der Waals surface area contributed by atoms with Gasteiger partial charge in [-0.25, -0.2) is 0 Å². The highest BCUT2D eigenvalue weighted by Crippen LogP contribution is 2.27. The van der Waals surface area contributed by atoms with Crippen LogP contribution in [0.25, 0.3) is 0 Å². The second-order valence-corrected chi connectivity index (χ2v) is 6.96. The number of fused-ring (bicyclic) bond motifs is 1. The van der Waals surface area contributed by atoms with Gasteiger partial charge in [0.2, 0.25) is 5.91 Å². The average molecular weight is 330 g/mol. The fraction of sp³-hybridized carbons (Fsp3) is 0.389. The summed E-state index contributed by atoms with van der Waals surface area (Å²) in [6.07, 6.45) is 1.03. The smallest absolute Gasteiger partial charge is 0.241 e. The predicted molar refractivity (Wildman–Crippen MR) is 94.3 cm³/mol. The second kappa shape index (κ2) is 6.72. The van der Waals surface area contributed by atoms with Crippen LogP contribution in [0.15, 0.2) is 29.6 Å². The van der Waals surface area contributed by atoms with Crippen LogP contribution in [0.1, 0.15) is 22.9 Å². The van der Waals surface area contributed by atoms with Crippen molar-refractivity contribution in [3.63, 3.8) is 0 Å². The molecule has 1 aromatic carbocycles. The van der Waals surface area contributed by atoms with Crippen molar-refractivity contribution in [1.82, 2.24) is 4.90 Å². The molecule has 23 heavy (non-hydrogen) atoms. The molecule has 0 radical (unpaired) electrons. The van der Waals surface area contributed by atoms with Gasteiger partial charge in [-0.1, -0.05) is 6.07 Å². The van der Waals surface area contributed by atoms with E-state index in [0.717, 1.165) is 30.8 Å². The van der Waals surface area contributed by atoms with Crippen molar-refractivity contribution in [1.29, 1.82) is 0 Å². The summed E-state index contributed by atoms with van der Waals surface area (Å²) in [5.41, 5.74) is 3.18. The zero-order valence-electron chi connectivity index (χ0n) is 13.8. The van der Waals surface area contributed by atoms with Crippen molar-refractivity contribution in [2.75, 3.05) is 19.0 Å². The molecule has 0 aliphatic carbocycles. The summed E-state index contributed by atoms with van der Waals surface area (Å²) in [6.45, 7) is 5.74. The van der Waals surface area contributed by atoms with E-state index in [1.165, 1.54) is 10.4 Å². The number of rotatable bonds is 4. The number of hydrogen-bond acceptors (Lipinski definition) is 4. The fourth-order valence-corrected chi connectivity index (χ4v) is 3.81. The van der Waals surface area contributed by atoms with Crippen molar-refractivity contribution in [3.8, 4) is 5.75 Å². The van der Waals surface area contributed by atoms with Crippen LogP contribution in [0.4, 0.5) is 5.69 Å². The Kier molecular flexibility index (Phi) is 4.68. The first-order chi connectivity index (χ1) is 11.1. The molecule has 1 aliphatic rings. The maximum absolute atomic E-state index is 12.6. The van der Waals surface area contributed by atoms with Gasteiger partial charge in [0.25, 0.3) is 0 Å². The molecule has 0 bridgehead atoms. The lowest BCUT2D eigenvalue weighted by atomic mass is 10.1. The lowest BCUT2D eigenvalue weighted by Gasteiger charge is -2.31. The van der Waals surface area contributed by atoms with Crippen molar-refractivity contribution < 1.29 is 9.53 Å². The number of aryl methyl sites for hydroxylation is 1. The number of thiophene rings is 1. The van der Waals surface area contributed by atoms with Crippen molar-refractivity contribution in [2.45, 2.75) is 32.9 Å². The van der Waals surface area contributed by atoms with Crippen molar-refractivity contribution in [2.24, 2.45) is 0 Å². The van der Waals surface area contributed by atoms with Gasteiger partial charge in [-0.2, -0.15) is 0 Å². The minimum Gasteiger partial charge on any atom is -0.495 e. The summed E-state index contributed by atoms with van der Waals surface area (Å²) in [5.74, 6) is 0.697. The van der Waals surface area contributed by atoms with Crippen LogP contribution in [0.2, 0.25) is 0 Å². The van der Waals surface area contributed by atoms with Crippen LogP contribution in [0, 0.1) is 6.92 Å². The SMILES string of the molecule is COc1ccc(C)cc1NC(=O)[C@@H](C)N1CCc2sccc2C1. The van der Waals surface area contributed by atoms with E-state index in [9.17, 15) is 4.79 Å². The Morgan fingerprint density at radius 2 is 2.22 bits per heavy atom. The van der Waals surface area contributed by atoms with Gasteiger partial charge in [-0.3, -0.25) is 9.69 Å². The van der Waals surface area contributed by atoms with Crippen molar-refractivity contribution in [3.05, 3.63) is 45.6 Å². The summed E-state index contributed by atoms with van der Waals surface area (Å²) in [4.78, 5) is 16.3. The minimum absolute atomic E-state index is 0.00702. The standard InChI is InChI=1S/C18H22N2O2S/c1-12-4-5-16(22-3)15(10-12)19-18(21)13(2)20-8-6-17-14(11-20)7-9-23-17/h4-5,7,9-10,13H,6,8,11H2,1-3H3,(H,19,21)/t13-/m1/s1. The highest BCUT2D eigenvalue weighted by molar-refractivity contribution is 7.10. The van der Waals surface area contributed by atoms with E-state index >= 15 is 0 Å². The number of methoxy groups -OCH3 is 1. The number of carbonyl (C=O) groups excluding carboxylic acids is 1. The fourth-order valence-electron chi connectivity index (χ4n) is 2.92. The monoisotopic (exact) mass is 330 g/mol. The van der Waals surface area contributed by atoms with E-state index in [-0.39, 0.29) is 11.9 Å². The van der Waals surface area contributed by atoms with Gasteiger partial charge in [0.1, 0.15) is 5.75 Å². The van der Waals surface area contributed by atoms with E-state index in [1.54, 1.807) is 7.11 Å². The zero-order valence-corrected chi connectivity index (χ0v) is 14.6. The van der Waals surface area contributed by atoms with Crippen molar-refractivity contribution >= 4 is 22.9 Å². The molecular weight excluding hydrogens is 308 g/mol. The number of hydrogen-bond donors (Lipinski definition) is 1. The molecule has 0 fully saturated rings. The van der Waals surface area contributed by atoms with Crippen LogP contribution in [-0.2, 0) is 17.8 Å². The molecule has 2 aromatic rings. The molecule has 0 saturated carbocycles. The van der Waals surface area contributed by atoms with Gasteiger partial charge < -0.3 is 10.1 Å². The first-order valence-electron chi connectivity index (χ1n) is 7.83. The van der Waals surface area contributed by atoms with Gasteiger partial charge >= 0.3 is 0 Å². The quantitative estimate of drug-likeness (QED) is 0.933. The molecule has 1 aliphatic heterocycles. The maximum atomic E-state index is 12.6. The zero-order chi connectivity index (χ0) is 16.4. The number of anilines is 1. The molecule has 122 valence electrons. The Morgan fingerprint density at radius 3 is 3.00 bits per heavy atom. The number of nitrogens with zero attached hydrogens (tertiary/aromatic N) is 1. The summed E-state index contributed by atoms with van der Waals surface area (Å²) in [5, 5.41) is 5.15. The molecule has 0 saturated heterocycles. The molecule has 3 rings (SSSR count). The maximum Gasteiger partial charge on any atom is 0.241 e. The lowest BCUT2D eigenvalue weighted by molar-refractivity contribution is -0.121. The summed E-state index contributed by atoms with van der Waals surface area (Å²) >= 11 is 1.81. The number of benzene rings is 1. The topological polar surface area (TPSA) is 41.6 Å². The Balaban J connectivity index is 1.70. The van der Waals surface area contributed by atoms with E-state index < -0.39 is 0 Å². The molecule has 4 nitrogen and oxygen atoms in total. The molecular formula is C18H22N2O2S. The highest BCUT2D eigenvalue weighted by atomic mass is 32.1. The molecule has 1 aromatic heterocycles. The Bertz CT molecular complexity index is 711. The second-order valence-electron chi connectivity index (χ2n) is 5.96.